The van der Waals surface area contributed by atoms with Gasteiger partial charge in [-0.25, -0.2) is 4.79 Å². The third-order valence-electron chi connectivity index (χ3n) is 4.37. The van der Waals surface area contributed by atoms with Crippen LogP contribution >= 0.6 is 0 Å². The summed E-state index contributed by atoms with van der Waals surface area (Å²) in [6, 6.07) is 6.69. The summed E-state index contributed by atoms with van der Waals surface area (Å²) >= 11 is 0. The highest BCUT2D eigenvalue weighted by Gasteiger charge is 2.36. The molecule has 1 aromatic rings. The zero-order chi connectivity index (χ0) is 18.4. The number of esters is 1. The summed E-state index contributed by atoms with van der Waals surface area (Å²) in [5, 5.41) is 0. The van der Waals surface area contributed by atoms with E-state index in [0.29, 0.717) is 17.8 Å². The fourth-order valence-electron chi connectivity index (χ4n) is 3.15. The van der Waals surface area contributed by atoms with Gasteiger partial charge < -0.3 is 14.5 Å². The minimum atomic E-state index is -0.415. The van der Waals surface area contributed by atoms with Crippen molar-refractivity contribution in [3.8, 4) is 0 Å². The molecular formula is C19H26N2O4. The zero-order valence-electron chi connectivity index (χ0n) is 15.2. The van der Waals surface area contributed by atoms with E-state index < -0.39 is 5.97 Å². The number of hydrogen-bond donors (Lipinski definition) is 0. The topological polar surface area (TPSA) is 66.9 Å². The van der Waals surface area contributed by atoms with E-state index in [-0.39, 0.29) is 24.2 Å². The second kappa shape index (κ2) is 8.65. The zero-order valence-corrected chi connectivity index (χ0v) is 15.2. The van der Waals surface area contributed by atoms with Gasteiger partial charge in [0.15, 0.2) is 0 Å². The lowest BCUT2D eigenvalue weighted by molar-refractivity contribution is -0.135. The Labute approximate surface area is 148 Å². The van der Waals surface area contributed by atoms with E-state index >= 15 is 0 Å². The van der Waals surface area contributed by atoms with Crippen molar-refractivity contribution in [2.24, 2.45) is 5.92 Å². The van der Waals surface area contributed by atoms with Crippen molar-refractivity contribution in [3.05, 3.63) is 29.8 Å². The number of nitrogens with zero attached hydrogens (tertiary/aromatic N) is 2. The molecule has 136 valence electrons. The maximum atomic E-state index is 12.7. The van der Waals surface area contributed by atoms with E-state index in [2.05, 4.69) is 4.74 Å². The van der Waals surface area contributed by atoms with E-state index in [1.54, 1.807) is 29.2 Å². The Hall–Kier alpha value is -2.37. The number of carbonyl (C=O) groups is 3. The monoisotopic (exact) mass is 346 g/mol. The van der Waals surface area contributed by atoms with E-state index in [4.69, 9.17) is 0 Å². The van der Waals surface area contributed by atoms with Gasteiger partial charge in [-0.2, -0.15) is 0 Å². The normalized spacial score (nSPS) is 16.8. The highest BCUT2D eigenvalue weighted by atomic mass is 16.5. The van der Waals surface area contributed by atoms with Gasteiger partial charge in [-0.15, -0.1) is 0 Å². The summed E-state index contributed by atoms with van der Waals surface area (Å²) in [6.07, 6.45) is 2.05. The molecule has 0 aliphatic carbocycles. The average molecular weight is 346 g/mol. The fourth-order valence-corrected chi connectivity index (χ4v) is 3.15. The van der Waals surface area contributed by atoms with Gasteiger partial charge in [0.25, 0.3) is 0 Å². The summed E-state index contributed by atoms with van der Waals surface area (Å²) in [6.45, 7) is 5.94. The Balaban J connectivity index is 2.08. The second-order valence-corrected chi connectivity index (χ2v) is 6.27. The van der Waals surface area contributed by atoms with Gasteiger partial charge in [0.1, 0.15) is 0 Å². The van der Waals surface area contributed by atoms with Crippen molar-refractivity contribution in [1.82, 2.24) is 4.90 Å². The predicted molar refractivity (Wildman–Crippen MR) is 95.4 cm³/mol. The molecule has 6 nitrogen and oxygen atoms in total. The first-order valence-corrected chi connectivity index (χ1v) is 8.79. The van der Waals surface area contributed by atoms with Gasteiger partial charge in [-0.3, -0.25) is 9.59 Å². The molecule has 6 heteroatoms. The van der Waals surface area contributed by atoms with Crippen LogP contribution in [0.4, 0.5) is 5.69 Å². The molecule has 0 aromatic heterocycles. The number of ether oxygens (including phenoxy) is 1. The van der Waals surface area contributed by atoms with Gasteiger partial charge in [0, 0.05) is 31.7 Å². The van der Waals surface area contributed by atoms with E-state index in [1.165, 1.54) is 7.11 Å². The molecule has 0 N–H and O–H groups in total. The molecule has 1 fully saturated rings. The maximum absolute atomic E-state index is 12.7. The first-order valence-electron chi connectivity index (χ1n) is 8.79. The Morgan fingerprint density at radius 1 is 1.16 bits per heavy atom. The van der Waals surface area contributed by atoms with Crippen LogP contribution < -0.4 is 4.90 Å². The Kier molecular flexibility index (Phi) is 6.56. The molecule has 0 spiro atoms. The first kappa shape index (κ1) is 19.0. The van der Waals surface area contributed by atoms with Crippen molar-refractivity contribution in [2.75, 3.05) is 31.6 Å². The van der Waals surface area contributed by atoms with Crippen LogP contribution in [0, 0.1) is 5.92 Å². The molecule has 1 aliphatic rings. The molecule has 1 heterocycles. The molecule has 2 amide bonds. The largest absolute Gasteiger partial charge is 0.465 e. The number of amides is 2. The SMILES string of the molecule is CCCN(CCC)C(=O)C1CC(=O)N(c2ccc(C(=O)OC)cc2)C1. The highest BCUT2D eigenvalue weighted by Crippen LogP contribution is 2.27. The van der Waals surface area contributed by atoms with Crippen LogP contribution in [0.25, 0.3) is 0 Å². The lowest BCUT2D eigenvalue weighted by atomic mass is 10.1. The summed E-state index contributed by atoms with van der Waals surface area (Å²) in [7, 11) is 1.33. The van der Waals surface area contributed by atoms with E-state index in [1.807, 2.05) is 18.7 Å². The molecule has 1 aromatic carbocycles. The summed E-state index contributed by atoms with van der Waals surface area (Å²) in [4.78, 5) is 40.1. The molecular weight excluding hydrogens is 320 g/mol. The quantitative estimate of drug-likeness (QED) is 0.712. The van der Waals surface area contributed by atoms with Crippen LogP contribution in [-0.2, 0) is 14.3 Å². The summed E-state index contributed by atoms with van der Waals surface area (Å²) < 4.78 is 4.67. The standard InChI is InChI=1S/C19H26N2O4/c1-4-10-20(11-5-2)18(23)15-12-17(22)21(13-15)16-8-6-14(7-9-16)19(24)25-3/h6-9,15H,4-5,10-13H2,1-3H3. The van der Waals surface area contributed by atoms with Crippen molar-refractivity contribution >= 4 is 23.5 Å². The summed E-state index contributed by atoms with van der Waals surface area (Å²) in [5.74, 6) is -0.712. The third-order valence-corrected chi connectivity index (χ3v) is 4.37. The van der Waals surface area contributed by atoms with Crippen LogP contribution in [0.1, 0.15) is 43.5 Å². The van der Waals surface area contributed by atoms with Gasteiger partial charge in [0.05, 0.1) is 18.6 Å². The molecule has 25 heavy (non-hydrogen) atoms. The third kappa shape index (κ3) is 4.38. The molecule has 2 rings (SSSR count). The van der Waals surface area contributed by atoms with Crippen LogP contribution in [-0.4, -0.2) is 49.4 Å². The van der Waals surface area contributed by atoms with Crippen LogP contribution in [0.3, 0.4) is 0 Å². The smallest absolute Gasteiger partial charge is 0.337 e. The van der Waals surface area contributed by atoms with Crippen molar-refractivity contribution in [3.63, 3.8) is 0 Å². The van der Waals surface area contributed by atoms with Crippen molar-refractivity contribution in [2.45, 2.75) is 33.1 Å². The van der Waals surface area contributed by atoms with Crippen LogP contribution in [0.15, 0.2) is 24.3 Å². The van der Waals surface area contributed by atoms with Gasteiger partial charge in [0.2, 0.25) is 11.8 Å². The minimum Gasteiger partial charge on any atom is -0.465 e. The van der Waals surface area contributed by atoms with Gasteiger partial charge in [-0.05, 0) is 37.1 Å². The number of methoxy groups -OCH3 is 1. The molecule has 1 aliphatic heterocycles. The Morgan fingerprint density at radius 2 is 1.76 bits per heavy atom. The number of hydrogen-bond acceptors (Lipinski definition) is 4. The van der Waals surface area contributed by atoms with E-state index in [0.717, 1.165) is 25.9 Å². The lowest BCUT2D eigenvalue weighted by Crippen LogP contribution is -2.38. The Bertz CT molecular complexity index is 621. The first-order chi connectivity index (χ1) is 12.0. The number of rotatable bonds is 7. The second-order valence-electron chi connectivity index (χ2n) is 6.27. The number of benzene rings is 1. The predicted octanol–water partition coefficient (Wildman–Crippen LogP) is 2.47. The van der Waals surface area contributed by atoms with Crippen LogP contribution in [0.2, 0.25) is 0 Å². The maximum Gasteiger partial charge on any atom is 0.337 e. The van der Waals surface area contributed by atoms with Crippen molar-refractivity contribution in [1.29, 1.82) is 0 Å². The van der Waals surface area contributed by atoms with Gasteiger partial charge in [-0.1, -0.05) is 13.8 Å². The molecule has 1 atom stereocenters. The highest BCUT2D eigenvalue weighted by molar-refractivity contribution is 6.00. The molecule has 1 unspecified atom stereocenters. The van der Waals surface area contributed by atoms with Crippen molar-refractivity contribution < 1.29 is 19.1 Å². The Morgan fingerprint density at radius 3 is 2.28 bits per heavy atom. The van der Waals surface area contributed by atoms with Crippen LogP contribution in [0.5, 0.6) is 0 Å². The molecule has 0 saturated carbocycles. The average Bonchev–Trinajstić information content (AvgIpc) is 3.02. The lowest BCUT2D eigenvalue weighted by Gasteiger charge is -2.24. The van der Waals surface area contributed by atoms with E-state index in [9.17, 15) is 14.4 Å². The number of anilines is 1. The molecule has 1 saturated heterocycles. The number of carbonyl (C=O) groups excluding carboxylic acids is 3. The van der Waals surface area contributed by atoms with Gasteiger partial charge >= 0.3 is 5.97 Å². The summed E-state index contributed by atoms with van der Waals surface area (Å²) in [5.41, 5.74) is 1.13. The fraction of sp³-hybridized carbons (Fsp3) is 0.526. The molecule has 0 radical (unpaired) electrons. The molecule has 0 bridgehead atoms. The minimum absolute atomic E-state index is 0.0582.